The quantitative estimate of drug-likeness (QED) is 0.206. The summed E-state index contributed by atoms with van der Waals surface area (Å²) < 4.78 is 22.7. The monoisotopic (exact) mass is 346 g/mol. The summed E-state index contributed by atoms with van der Waals surface area (Å²) in [5.41, 5.74) is 0.443. The van der Waals surface area contributed by atoms with Gasteiger partial charge in [-0.05, 0) is 52.9 Å². The number of carbonyl (C=O) groups excluding carboxylic acids is 1. The number of rotatable bonds is 14. The summed E-state index contributed by atoms with van der Waals surface area (Å²) in [5.74, 6) is 0.194. The molecule has 0 aromatic carbocycles. The van der Waals surface area contributed by atoms with Crippen LogP contribution in [0.15, 0.2) is 12.2 Å². The Hall–Kier alpha value is -0.693. The fourth-order valence-corrected chi connectivity index (χ4v) is 5.14. The molecule has 23 heavy (non-hydrogen) atoms. The predicted octanol–water partition coefficient (Wildman–Crippen LogP) is 3.96. The third-order valence-electron chi connectivity index (χ3n) is 3.46. The molecule has 0 amide bonds. The minimum atomic E-state index is -2.54. The molecule has 0 aliphatic carbocycles. The van der Waals surface area contributed by atoms with Gasteiger partial charge >= 0.3 is 14.8 Å². The Labute approximate surface area is 142 Å². The van der Waals surface area contributed by atoms with Crippen LogP contribution in [0.1, 0.15) is 53.9 Å². The van der Waals surface area contributed by atoms with Gasteiger partial charge in [0.25, 0.3) is 0 Å². The molecule has 1 atom stereocenters. The number of hydrogen-bond donors (Lipinski definition) is 0. The maximum Gasteiger partial charge on any atom is 0.500 e. The van der Waals surface area contributed by atoms with Crippen LogP contribution in [-0.4, -0.2) is 41.2 Å². The second-order valence-electron chi connectivity index (χ2n) is 5.68. The molecule has 0 radical (unpaired) electrons. The molecule has 1 unspecified atom stereocenters. The summed E-state index contributed by atoms with van der Waals surface area (Å²) in [6, 6.07) is 0.829. The van der Waals surface area contributed by atoms with Gasteiger partial charge in [-0.2, -0.15) is 0 Å². The average Bonchev–Trinajstić information content (AvgIpc) is 2.50. The first-order valence-electron chi connectivity index (χ1n) is 8.65. The topological polar surface area (TPSA) is 54.0 Å². The highest BCUT2D eigenvalue weighted by Gasteiger charge is 2.40. The molecule has 0 aromatic heterocycles. The van der Waals surface area contributed by atoms with Crippen LogP contribution in [0.25, 0.3) is 0 Å². The molecule has 0 heterocycles. The van der Waals surface area contributed by atoms with Gasteiger partial charge in [-0.1, -0.05) is 13.5 Å². The standard InChI is InChI=1S/C17H34O5Si/c1-7-20-23(21-8-2,22-9-3)14-12-16(6)11-10-13-19-17(18)15(4)5/h16H,4,7-14H2,1-3,5-6H3. The fraction of sp³-hybridized carbons (Fsp3) is 0.824. The molecule has 136 valence electrons. The summed E-state index contributed by atoms with van der Waals surface area (Å²) >= 11 is 0. The maximum atomic E-state index is 11.3. The Bertz CT molecular complexity index is 329. The van der Waals surface area contributed by atoms with Crippen molar-refractivity contribution in [3.63, 3.8) is 0 Å². The SMILES string of the molecule is C=C(C)C(=O)OCCCC(C)CC[Si](OCC)(OCC)OCC. The molecule has 5 nitrogen and oxygen atoms in total. The molecule has 0 rings (SSSR count). The van der Waals surface area contributed by atoms with Gasteiger partial charge < -0.3 is 18.0 Å². The van der Waals surface area contributed by atoms with Gasteiger partial charge in [0.2, 0.25) is 0 Å². The normalized spacial score (nSPS) is 12.9. The van der Waals surface area contributed by atoms with Crippen LogP contribution in [0.3, 0.4) is 0 Å². The number of esters is 1. The van der Waals surface area contributed by atoms with Crippen LogP contribution in [0.2, 0.25) is 6.04 Å². The van der Waals surface area contributed by atoms with Gasteiger partial charge in [0, 0.05) is 31.4 Å². The summed E-state index contributed by atoms with van der Waals surface area (Å²) in [5, 5.41) is 0. The Morgan fingerprint density at radius 3 is 2.00 bits per heavy atom. The molecule has 0 aromatic rings. The van der Waals surface area contributed by atoms with Gasteiger partial charge in [0.05, 0.1) is 6.61 Å². The second-order valence-corrected chi connectivity index (χ2v) is 8.42. The molecule has 0 N–H and O–H groups in total. The van der Waals surface area contributed by atoms with Crippen LogP contribution in [0.5, 0.6) is 0 Å². The number of hydrogen-bond acceptors (Lipinski definition) is 5. The average molecular weight is 347 g/mol. The third-order valence-corrected chi connectivity index (χ3v) is 6.55. The smallest absolute Gasteiger partial charge is 0.462 e. The first-order chi connectivity index (χ1) is 10.9. The summed E-state index contributed by atoms with van der Waals surface area (Å²) in [6.45, 7) is 15.6. The van der Waals surface area contributed by atoms with Crippen LogP contribution in [0, 0.1) is 5.92 Å². The van der Waals surface area contributed by atoms with E-state index in [1.54, 1.807) is 6.92 Å². The lowest BCUT2D eigenvalue weighted by atomic mass is 10.0. The van der Waals surface area contributed by atoms with Crippen molar-refractivity contribution in [2.24, 2.45) is 5.92 Å². The highest BCUT2D eigenvalue weighted by atomic mass is 28.4. The highest BCUT2D eigenvalue weighted by molar-refractivity contribution is 6.60. The Balaban J connectivity index is 4.17. The lowest BCUT2D eigenvalue weighted by Crippen LogP contribution is -2.46. The van der Waals surface area contributed by atoms with Crippen molar-refractivity contribution in [2.75, 3.05) is 26.4 Å². The summed E-state index contributed by atoms with van der Waals surface area (Å²) in [7, 11) is -2.54. The zero-order chi connectivity index (χ0) is 17.7. The van der Waals surface area contributed by atoms with Crippen LogP contribution < -0.4 is 0 Å². The van der Waals surface area contributed by atoms with Crippen LogP contribution in [0.4, 0.5) is 0 Å². The van der Waals surface area contributed by atoms with E-state index in [0.29, 0.717) is 37.9 Å². The fourth-order valence-electron chi connectivity index (χ4n) is 2.29. The van der Waals surface area contributed by atoms with Crippen LogP contribution >= 0.6 is 0 Å². The van der Waals surface area contributed by atoms with E-state index < -0.39 is 8.80 Å². The molecule has 6 heteroatoms. The van der Waals surface area contributed by atoms with Gasteiger partial charge in [-0.15, -0.1) is 0 Å². The van der Waals surface area contributed by atoms with E-state index in [2.05, 4.69) is 13.5 Å². The van der Waals surface area contributed by atoms with Crippen molar-refractivity contribution in [1.82, 2.24) is 0 Å². The largest absolute Gasteiger partial charge is 0.500 e. The Morgan fingerprint density at radius 1 is 1.04 bits per heavy atom. The first kappa shape index (κ1) is 22.3. The van der Waals surface area contributed by atoms with E-state index in [0.717, 1.165) is 25.3 Å². The molecule has 0 aliphatic rings. The van der Waals surface area contributed by atoms with E-state index in [-0.39, 0.29) is 5.97 Å². The zero-order valence-corrected chi connectivity index (χ0v) is 16.5. The van der Waals surface area contributed by atoms with Gasteiger partial charge in [0.1, 0.15) is 0 Å². The minimum Gasteiger partial charge on any atom is -0.462 e. The minimum absolute atomic E-state index is 0.312. The lowest BCUT2D eigenvalue weighted by molar-refractivity contribution is -0.139. The molecular formula is C17H34O5Si. The van der Waals surface area contributed by atoms with Crippen LogP contribution in [-0.2, 0) is 22.8 Å². The van der Waals surface area contributed by atoms with Gasteiger partial charge in [-0.3, -0.25) is 0 Å². The van der Waals surface area contributed by atoms with Crippen molar-refractivity contribution >= 4 is 14.8 Å². The zero-order valence-electron chi connectivity index (χ0n) is 15.5. The number of carbonyl (C=O) groups is 1. The van der Waals surface area contributed by atoms with E-state index in [9.17, 15) is 4.79 Å². The lowest BCUT2D eigenvalue weighted by Gasteiger charge is -2.29. The van der Waals surface area contributed by atoms with Crippen molar-refractivity contribution < 1.29 is 22.8 Å². The molecule has 0 aliphatic heterocycles. The Kier molecular flexibility index (Phi) is 12.3. The second kappa shape index (κ2) is 12.7. The molecule has 0 spiro atoms. The van der Waals surface area contributed by atoms with Crippen molar-refractivity contribution in [2.45, 2.75) is 59.9 Å². The summed E-state index contributed by atoms with van der Waals surface area (Å²) in [6.07, 6.45) is 2.84. The van der Waals surface area contributed by atoms with Crippen molar-refractivity contribution in [3.05, 3.63) is 12.2 Å². The first-order valence-corrected chi connectivity index (χ1v) is 10.6. The molecule has 0 fully saturated rings. The molecule has 0 bridgehead atoms. The van der Waals surface area contributed by atoms with E-state index in [1.807, 2.05) is 20.8 Å². The molecule has 0 saturated heterocycles. The third kappa shape index (κ3) is 9.91. The predicted molar refractivity (Wildman–Crippen MR) is 94.2 cm³/mol. The number of ether oxygens (including phenoxy) is 1. The van der Waals surface area contributed by atoms with E-state index >= 15 is 0 Å². The maximum absolute atomic E-state index is 11.3. The summed E-state index contributed by atoms with van der Waals surface area (Å²) in [4.78, 5) is 11.3. The van der Waals surface area contributed by atoms with E-state index in [4.69, 9.17) is 18.0 Å². The van der Waals surface area contributed by atoms with Gasteiger partial charge in [0.15, 0.2) is 0 Å². The van der Waals surface area contributed by atoms with Gasteiger partial charge in [-0.25, -0.2) is 4.79 Å². The van der Waals surface area contributed by atoms with Crippen molar-refractivity contribution in [1.29, 1.82) is 0 Å². The molecule has 0 saturated carbocycles. The van der Waals surface area contributed by atoms with E-state index in [1.165, 1.54) is 0 Å². The Morgan fingerprint density at radius 2 is 1.57 bits per heavy atom. The highest BCUT2D eigenvalue weighted by Crippen LogP contribution is 2.23. The van der Waals surface area contributed by atoms with Crippen molar-refractivity contribution in [3.8, 4) is 0 Å². The molecular weight excluding hydrogens is 312 g/mol.